The lowest BCUT2D eigenvalue weighted by Gasteiger charge is -2.20. The van der Waals surface area contributed by atoms with Crippen molar-refractivity contribution >= 4 is 29.3 Å². The molecule has 1 saturated heterocycles. The topological polar surface area (TPSA) is 101 Å². The second-order valence-electron chi connectivity index (χ2n) is 4.05. The van der Waals surface area contributed by atoms with Crippen LogP contribution in [0.2, 0.25) is 0 Å². The first kappa shape index (κ1) is 14.3. The lowest BCUT2D eigenvalue weighted by Crippen LogP contribution is -2.41. The number of nitro benzene ring substituents is 1. The van der Waals surface area contributed by atoms with E-state index in [1.54, 1.807) is 0 Å². The van der Waals surface area contributed by atoms with Crippen molar-refractivity contribution in [2.45, 2.75) is 6.04 Å². The number of hydrogen-bond acceptors (Lipinski definition) is 5. The van der Waals surface area contributed by atoms with E-state index in [1.165, 1.54) is 11.8 Å². The van der Waals surface area contributed by atoms with Gasteiger partial charge < -0.3 is 10.0 Å². The molecule has 0 bridgehead atoms. The van der Waals surface area contributed by atoms with E-state index in [2.05, 4.69) is 0 Å². The number of amides is 1. The van der Waals surface area contributed by atoms with Gasteiger partial charge in [-0.3, -0.25) is 14.9 Å². The molecule has 1 fully saturated rings. The highest BCUT2D eigenvalue weighted by atomic mass is 32.2. The third-order valence-corrected chi connectivity index (χ3v) is 3.83. The van der Waals surface area contributed by atoms with Gasteiger partial charge in [-0.05, 0) is 12.1 Å². The molecule has 1 atom stereocenters. The number of thioether (sulfide) groups is 1. The Morgan fingerprint density at radius 3 is 2.80 bits per heavy atom. The number of benzene rings is 1. The Labute approximate surface area is 116 Å². The molecule has 1 aromatic rings. The summed E-state index contributed by atoms with van der Waals surface area (Å²) in [5.74, 6) is -2.44. The summed E-state index contributed by atoms with van der Waals surface area (Å²) in [5, 5.41) is 19.9. The molecule has 1 aliphatic heterocycles. The molecular weight excluding hydrogens is 291 g/mol. The van der Waals surface area contributed by atoms with Gasteiger partial charge in [0.25, 0.3) is 11.6 Å². The third kappa shape index (κ3) is 2.57. The van der Waals surface area contributed by atoms with Crippen LogP contribution in [0.25, 0.3) is 0 Å². The monoisotopic (exact) mass is 300 g/mol. The Morgan fingerprint density at radius 2 is 2.20 bits per heavy atom. The fraction of sp³-hybridized carbons (Fsp3) is 0.273. The van der Waals surface area contributed by atoms with Gasteiger partial charge in [0, 0.05) is 5.75 Å². The van der Waals surface area contributed by atoms with Crippen LogP contribution >= 0.6 is 11.8 Å². The molecule has 1 amide bonds. The molecule has 1 heterocycles. The zero-order valence-corrected chi connectivity index (χ0v) is 10.8. The molecular formula is C11H9FN2O5S. The Morgan fingerprint density at radius 1 is 1.50 bits per heavy atom. The van der Waals surface area contributed by atoms with E-state index in [1.807, 2.05) is 0 Å². The summed E-state index contributed by atoms with van der Waals surface area (Å²) in [6.07, 6.45) is 0. The molecule has 2 rings (SSSR count). The highest BCUT2D eigenvalue weighted by molar-refractivity contribution is 7.99. The number of hydrogen-bond donors (Lipinski definition) is 1. The van der Waals surface area contributed by atoms with Crippen molar-refractivity contribution in [3.05, 3.63) is 39.7 Å². The minimum absolute atomic E-state index is 0.129. The van der Waals surface area contributed by atoms with Crippen molar-refractivity contribution in [1.82, 2.24) is 4.90 Å². The first-order valence-electron chi connectivity index (χ1n) is 5.47. The van der Waals surface area contributed by atoms with Gasteiger partial charge in [-0.25, -0.2) is 9.18 Å². The average molecular weight is 300 g/mol. The molecule has 20 heavy (non-hydrogen) atoms. The van der Waals surface area contributed by atoms with E-state index in [-0.39, 0.29) is 17.2 Å². The fourth-order valence-electron chi connectivity index (χ4n) is 1.84. The molecule has 0 aliphatic carbocycles. The Hall–Kier alpha value is -2.16. The third-order valence-electron chi connectivity index (χ3n) is 2.82. The molecule has 1 N–H and O–H groups in total. The summed E-state index contributed by atoms with van der Waals surface area (Å²) in [6.45, 7) is 0. The van der Waals surface area contributed by atoms with E-state index in [0.29, 0.717) is 6.07 Å². The Balaban J connectivity index is 2.38. The largest absolute Gasteiger partial charge is 0.480 e. The first-order valence-corrected chi connectivity index (χ1v) is 6.62. The number of halogens is 1. The molecule has 1 unspecified atom stereocenters. The van der Waals surface area contributed by atoms with Crippen LogP contribution in [0.1, 0.15) is 10.4 Å². The van der Waals surface area contributed by atoms with Crippen molar-refractivity contribution in [2.24, 2.45) is 0 Å². The van der Waals surface area contributed by atoms with Crippen molar-refractivity contribution in [3.8, 4) is 0 Å². The van der Waals surface area contributed by atoms with Crippen LogP contribution < -0.4 is 0 Å². The van der Waals surface area contributed by atoms with E-state index in [4.69, 9.17) is 5.11 Å². The standard InChI is InChI=1S/C11H9FN2O5S/c12-6-1-2-7(8(3-6)14(18)19)10(15)13-5-20-4-9(13)11(16)17/h1-3,9H,4-5H2,(H,16,17). The first-order chi connectivity index (χ1) is 9.41. The predicted molar refractivity (Wildman–Crippen MR) is 68.0 cm³/mol. The number of carboxylic acids is 1. The number of carbonyl (C=O) groups excluding carboxylic acids is 1. The van der Waals surface area contributed by atoms with Crippen LogP contribution in [0.4, 0.5) is 10.1 Å². The summed E-state index contributed by atoms with van der Waals surface area (Å²) in [7, 11) is 0. The van der Waals surface area contributed by atoms with Gasteiger partial charge in [0.1, 0.15) is 17.4 Å². The van der Waals surface area contributed by atoms with Crippen molar-refractivity contribution in [2.75, 3.05) is 11.6 Å². The maximum atomic E-state index is 13.0. The highest BCUT2D eigenvalue weighted by Crippen LogP contribution is 2.27. The lowest BCUT2D eigenvalue weighted by atomic mass is 10.1. The molecule has 0 aromatic heterocycles. The smallest absolute Gasteiger partial charge is 0.327 e. The second kappa shape index (κ2) is 5.45. The Bertz CT molecular complexity index is 594. The van der Waals surface area contributed by atoms with E-state index < -0.39 is 34.3 Å². The van der Waals surface area contributed by atoms with Crippen molar-refractivity contribution in [3.63, 3.8) is 0 Å². The van der Waals surface area contributed by atoms with Crippen LogP contribution in [0.15, 0.2) is 18.2 Å². The highest BCUT2D eigenvalue weighted by Gasteiger charge is 2.37. The van der Waals surface area contributed by atoms with Gasteiger partial charge in [0.2, 0.25) is 0 Å². The molecule has 7 nitrogen and oxygen atoms in total. The SMILES string of the molecule is O=C(O)C1CSCN1C(=O)c1ccc(F)cc1[N+](=O)[O-]. The molecule has 9 heteroatoms. The van der Waals surface area contributed by atoms with E-state index in [9.17, 15) is 24.1 Å². The number of aliphatic carboxylic acids is 1. The van der Waals surface area contributed by atoms with Gasteiger partial charge in [-0.15, -0.1) is 11.8 Å². The normalized spacial score (nSPS) is 18.1. The minimum Gasteiger partial charge on any atom is -0.480 e. The van der Waals surface area contributed by atoms with Gasteiger partial charge in [0.05, 0.1) is 16.9 Å². The van der Waals surface area contributed by atoms with Gasteiger partial charge in [0.15, 0.2) is 0 Å². The summed E-state index contributed by atoms with van der Waals surface area (Å²) in [6, 6.07) is 1.54. The molecule has 106 valence electrons. The minimum atomic E-state index is -1.17. The molecule has 0 spiro atoms. The molecule has 0 radical (unpaired) electrons. The number of nitro groups is 1. The summed E-state index contributed by atoms with van der Waals surface area (Å²) in [5.41, 5.74) is -0.985. The predicted octanol–water partition coefficient (Wildman–Crippen LogP) is 1.33. The van der Waals surface area contributed by atoms with E-state index >= 15 is 0 Å². The second-order valence-corrected chi connectivity index (χ2v) is 5.05. The molecule has 1 aromatic carbocycles. The maximum absolute atomic E-state index is 13.0. The summed E-state index contributed by atoms with van der Waals surface area (Å²) in [4.78, 5) is 34.3. The quantitative estimate of drug-likeness (QED) is 0.667. The van der Waals surface area contributed by atoms with Gasteiger partial charge in [-0.2, -0.15) is 0 Å². The van der Waals surface area contributed by atoms with Crippen LogP contribution in [-0.4, -0.2) is 44.5 Å². The van der Waals surface area contributed by atoms with Crippen LogP contribution in [-0.2, 0) is 4.79 Å². The Kier molecular flexibility index (Phi) is 3.89. The average Bonchev–Trinajstić information content (AvgIpc) is 2.87. The van der Waals surface area contributed by atoms with E-state index in [0.717, 1.165) is 17.0 Å². The zero-order valence-electron chi connectivity index (χ0n) is 9.98. The zero-order chi connectivity index (χ0) is 14.9. The van der Waals surface area contributed by atoms with Crippen molar-refractivity contribution < 1.29 is 24.0 Å². The fourth-order valence-corrected chi connectivity index (χ4v) is 2.98. The number of carboxylic acid groups (broad SMARTS) is 1. The molecule has 0 saturated carbocycles. The maximum Gasteiger partial charge on any atom is 0.327 e. The van der Waals surface area contributed by atoms with Crippen LogP contribution in [0.5, 0.6) is 0 Å². The van der Waals surface area contributed by atoms with Gasteiger partial charge >= 0.3 is 5.97 Å². The molecule has 1 aliphatic rings. The number of rotatable bonds is 3. The number of nitrogens with zero attached hydrogens (tertiary/aromatic N) is 2. The lowest BCUT2D eigenvalue weighted by molar-refractivity contribution is -0.385. The summed E-state index contributed by atoms with van der Waals surface area (Å²) >= 11 is 1.24. The number of carbonyl (C=O) groups is 2. The van der Waals surface area contributed by atoms with Crippen LogP contribution in [0.3, 0.4) is 0 Å². The van der Waals surface area contributed by atoms with Crippen molar-refractivity contribution in [1.29, 1.82) is 0 Å². The van der Waals surface area contributed by atoms with Crippen LogP contribution in [0, 0.1) is 15.9 Å². The van der Waals surface area contributed by atoms with Gasteiger partial charge in [-0.1, -0.05) is 0 Å². The summed E-state index contributed by atoms with van der Waals surface area (Å²) < 4.78 is 13.0.